The highest BCUT2D eigenvalue weighted by molar-refractivity contribution is 6.02. The Morgan fingerprint density at radius 2 is 2.00 bits per heavy atom. The monoisotopic (exact) mass is 260 g/mol. The van der Waals surface area contributed by atoms with Gasteiger partial charge in [-0.25, -0.2) is 0 Å². The minimum atomic E-state index is -4.83. The average molecular weight is 260 g/mol. The first-order valence-electron chi connectivity index (χ1n) is 5.96. The van der Waals surface area contributed by atoms with Crippen LogP contribution in [-0.2, 0) is 6.54 Å². The zero-order chi connectivity index (χ0) is 13.5. The molecule has 0 saturated heterocycles. The van der Waals surface area contributed by atoms with Gasteiger partial charge in [0.2, 0.25) is 0 Å². The predicted molar refractivity (Wildman–Crippen MR) is 59.4 cm³/mol. The highest BCUT2D eigenvalue weighted by Gasteiger charge is 2.42. The van der Waals surface area contributed by atoms with E-state index in [0.29, 0.717) is 18.2 Å². The first-order chi connectivity index (χ1) is 8.30. The Morgan fingerprint density at radius 3 is 2.50 bits per heavy atom. The number of ketones is 1. The number of nitrogens with zero attached hydrogens (tertiary/aromatic N) is 2. The summed E-state index contributed by atoms with van der Waals surface area (Å²) in [5.41, 5.74) is 0.180. The third kappa shape index (κ3) is 2.57. The first kappa shape index (κ1) is 13.1. The summed E-state index contributed by atoms with van der Waals surface area (Å²) in [5, 5.41) is 4.04. The average Bonchev–Trinajstić information content (AvgIpc) is 3.02. The summed E-state index contributed by atoms with van der Waals surface area (Å²) in [7, 11) is 0. The molecule has 0 radical (unpaired) electrons. The zero-order valence-corrected chi connectivity index (χ0v) is 10.3. The highest BCUT2D eigenvalue weighted by atomic mass is 19.4. The maximum absolute atomic E-state index is 12.4. The molecule has 1 heterocycles. The molecule has 0 aliphatic heterocycles. The van der Waals surface area contributed by atoms with Gasteiger partial charge >= 0.3 is 6.18 Å². The summed E-state index contributed by atoms with van der Waals surface area (Å²) >= 11 is 0. The molecular formula is C12H15F3N2O. The first-order valence-corrected chi connectivity index (χ1v) is 5.96. The van der Waals surface area contributed by atoms with Gasteiger partial charge in [-0.2, -0.15) is 18.3 Å². The van der Waals surface area contributed by atoms with Crippen molar-refractivity contribution in [1.29, 1.82) is 0 Å². The molecular weight excluding hydrogens is 245 g/mol. The summed E-state index contributed by atoms with van der Waals surface area (Å²) in [6.45, 7) is 3.55. The van der Waals surface area contributed by atoms with Gasteiger partial charge in [0.1, 0.15) is 0 Å². The van der Waals surface area contributed by atoms with Crippen molar-refractivity contribution in [2.45, 2.75) is 45.8 Å². The molecule has 0 spiro atoms. The molecule has 100 valence electrons. The Morgan fingerprint density at radius 1 is 1.39 bits per heavy atom. The van der Waals surface area contributed by atoms with Crippen molar-refractivity contribution in [2.75, 3.05) is 0 Å². The fourth-order valence-electron chi connectivity index (χ4n) is 2.10. The molecule has 0 amide bonds. The maximum Gasteiger partial charge on any atom is 0.455 e. The second-order valence-corrected chi connectivity index (χ2v) is 4.83. The highest BCUT2D eigenvalue weighted by Crippen LogP contribution is 2.33. The molecule has 3 nitrogen and oxygen atoms in total. The summed E-state index contributed by atoms with van der Waals surface area (Å²) < 4.78 is 38.8. The van der Waals surface area contributed by atoms with Crippen molar-refractivity contribution in [3.05, 3.63) is 17.0 Å². The standard InChI is InChI=1S/C12H15F3N2O/c1-7-10(11(18)12(13,14)15)8(2)17(16-7)6-5-9-3-4-9/h9H,3-6H2,1-2H3. The Balaban J connectivity index is 2.22. The Kier molecular flexibility index (Phi) is 3.21. The van der Waals surface area contributed by atoms with Gasteiger partial charge in [0.15, 0.2) is 0 Å². The molecule has 0 bridgehead atoms. The molecule has 6 heteroatoms. The Labute approximate surface area is 103 Å². The minimum absolute atomic E-state index is 0.158. The lowest BCUT2D eigenvalue weighted by molar-refractivity contribution is -0.0886. The number of aromatic nitrogens is 2. The van der Waals surface area contributed by atoms with Crippen LogP contribution in [0, 0.1) is 19.8 Å². The number of Topliss-reactive ketones (excluding diaryl/α,β-unsaturated/α-hetero) is 1. The van der Waals surface area contributed by atoms with E-state index in [1.54, 1.807) is 0 Å². The van der Waals surface area contributed by atoms with Crippen LogP contribution < -0.4 is 0 Å². The molecule has 18 heavy (non-hydrogen) atoms. The third-order valence-corrected chi connectivity index (χ3v) is 3.31. The van der Waals surface area contributed by atoms with Crippen LogP contribution in [-0.4, -0.2) is 21.7 Å². The van der Waals surface area contributed by atoms with E-state index in [-0.39, 0.29) is 11.3 Å². The van der Waals surface area contributed by atoms with Crippen molar-refractivity contribution in [1.82, 2.24) is 9.78 Å². The van der Waals surface area contributed by atoms with Crippen LogP contribution in [0.4, 0.5) is 13.2 Å². The van der Waals surface area contributed by atoms with Crippen LogP contribution >= 0.6 is 0 Å². The Hall–Kier alpha value is -1.33. The van der Waals surface area contributed by atoms with Crippen LogP contribution in [0.1, 0.15) is 41.0 Å². The minimum Gasteiger partial charge on any atom is -0.284 e. The van der Waals surface area contributed by atoms with Crippen LogP contribution in [0.3, 0.4) is 0 Å². The van der Waals surface area contributed by atoms with Crippen molar-refractivity contribution in [3.8, 4) is 0 Å². The predicted octanol–water partition coefficient (Wildman–Crippen LogP) is 3.05. The van der Waals surface area contributed by atoms with E-state index in [4.69, 9.17) is 0 Å². The summed E-state index contributed by atoms with van der Waals surface area (Å²) in [6, 6.07) is 0. The number of hydrogen-bond donors (Lipinski definition) is 0. The molecule has 0 unspecified atom stereocenters. The summed E-state index contributed by atoms with van der Waals surface area (Å²) in [4.78, 5) is 11.3. The van der Waals surface area contributed by atoms with Crippen LogP contribution in [0.2, 0.25) is 0 Å². The molecule has 1 aromatic heterocycles. The normalized spacial score (nSPS) is 16.1. The number of carbonyl (C=O) groups is 1. The second kappa shape index (κ2) is 4.40. The van der Waals surface area contributed by atoms with Gasteiger partial charge in [-0.1, -0.05) is 12.8 Å². The number of aryl methyl sites for hydroxylation is 2. The van der Waals surface area contributed by atoms with Crippen LogP contribution in [0.15, 0.2) is 0 Å². The lowest BCUT2D eigenvalue weighted by Gasteiger charge is -2.06. The maximum atomic E-state index is 12.4. The van der Waals surface area contributed by atoms with E-state index in [0.717, 1.165) is 6.42 Å². The molecule has 0 N–H and O–H groups in total. The van der Waals surface area contributed by atoms with Crippen LogP contribution in [0.5, 0.6) is 0 Å². The van der Waals surface area contributed by atoms with Gasteiger partial charge in [0.25, 0.3) is 5.78 Å². The van der Waals surface area contributed by atoms with E-state index in [9.17, 15) is 18.0 Å². The number of hydrogen-bond acceptors (Lipinski definition) is 2. The van der Waals surface area contributed by atoms with Gasteiger partial charge < -0.3 is 0 Å². The summed E-state index contributed by atoms with van der Waals surface area (Å²) in [6.07, 6.45) is -1.54. The topological polar surface area (TPSA) is 34.9 Å². The van der Waals surface area contributed by atoms with Gasteiger partial charge in [-0.05, 0) is 26.2 Å². The summed E-state index contributed by atoms with van der Waals surface area (Å²) in [5.74, 6) is -1.12. The van der Waals surface area contributed by atoms with Crippen molar-refractivity contribution in [3.63, 3.8) is 0 Å². The quantitative estimate of drug-likeness (QED) is 0.780. The fourth-order valence-corrected chi connectivity index (χ4v) is 2.10. The lowest BCUT2D eigenvalue weighted by Crippen LogP contribution is -2.24. The zero-order valence-electron chi connectivity index (χ0n) is 10.3. The van der Waals surface area contributed by atoms with Gasteiger partial charge in [0, 0.05) is 12.2 Å². The molecule has 1 aliphatic carbocycles. The van der Waals surface area contributed by atoms with Gasteiger partial charge in [-0.3, -0.25) is 9.48 Å². The van der Waals surface area contributed by atoms with E-state index < -0.39 is 12.0 Å². The van der Waals surface area contributed by atoms with E-state index in [1.165, 1.54) is 31.4 Å². The van der Waals surface area contributed by atoms with E-state index in [2.05, 4.69) is 5.10 Å². The molecule has 2 rings (SSSR count). The molecule has 0 atom stereocenters. The molecule has 1 aliphatic rings. The van der Waals surface area contributed by atoms with Gasteiger partial charge in [-0.15, -0.1) is 0 Å². The Bertz CT molecular complexity index is 472. The fraction of sp³-hybridized carbons (Fsp3) is 0.667. The van der Waals surface area contributed by atoms with Crippen molar-refractivity contribution >= 4 is 5.78 Å². The smallest absolute Gasteiger partial charge is 0.284 e. The third-order valence-electron chi connectivity index (χ3n) is 3.31. The second-order valence-electron chi connectivity index (χ2n) is 4.83. The van der Waals surface area contributed by atoms with E-state index in [1.807, 2.05) is 0 Å². The van der Waals surface area contributed by atoms with E-state index >= 15 is 0 Å². The molecule has 1 aromatic rings. The molecule has 1 fully saturated rings. The number of alkyl halides is 3. The molecule has 0 aromatic carbocycles. The van der Waals surface area contributed by atoms with Gasteiger partial charge in [0.05, 0.1) is 11.3 Å². The number of carbonyl (C=O) groups excluding carboxylic acids is 1. The van der Waals surface area contributed by atoms with Crippen molar-refractivity contribution < 1.29 is 18.0 Å². The number of halogens is 3. The lowest BCUT2D eigenvalue weighted by atomic mass is 10.1. The molecule has 1 saturated carbocycles. The SMILES string of the molecule is Cc1nn(CCC2CC2)c(C)c1C(=O)C(F)(F)F. The van der Waals surface area contributed by atoms with Crippen molar-refractivity contribution in [2.24, 2.45) is 5.92 Å². The van der Waals surface area contributed by atoms with Crippen LogP contribution in [0.25, 0.3) is 0 Å². The number of rotatable bonds is 4. The largest absolute Gasteiger partial charge is 0.455 e.